The van der Waals surface area contributed by atoms with Gasteiger partial charge < -0.3 is 15.2 Å². The Labute approximate surface area is 160 Å². The van der Waals surface area contributed by atoms with Crippen molar-refractivity contribution in [1.82, 2.24) is 24.5 Å². The quantitative estimate of drug-likeness (QED) is 0.807. The first kappa shape index (κ1) is 19.6. The first-order valence-electron chi connectivity index (χ1n) is 9.12. The fourth-order valence-electron chi connectivity index (χ4n) is 3.46. The highest BCUT2D eigenvalue weighted by Gasteiger charge is 2.26. The summed E-state index contributed by atoms with van der Waals surface area (Å²) in [5.74, 6) is 0.873. The maximum absolute atomic E-state index is 12.4. The molecule has 148 valence electrons. The Balaban J connectivity index is 1.53. The molecule has 1 aliphatic heterocycles. The third-order valence-corrected chi connectivity index (χ3v) is 6.26. The number of carbonyl (C=O) groups excluding carboxylic acids is 1. The number of benzene rings is 1. The molecule has 8 nitrogen and oxygen atoms in total. The Morgan fingerprint density at radius 3 is 2.93 bits per heavy atom. The van der Waals surface area contributed by atoms with E-state index in [9.17, 15) is 13.2 Å². The fourth-order valence-corrected chi connectivity index (χ4v) is 4.40. The molecule has 2 amide bonds. The van der Waals surface area contributed by atoms with Crippen LogP contribution in [0.15, 0.2) is 18.2 Å². The number of para-hydroxylation sites is 1. The highest BCUT2D eigenvalue weighted by Crippen LogP contribution is 2.18. The highest BCUT2D eigenvalue weighted by molar-refractivity contribution is 7.88. The van der Waals surface area contributed by atoms with E-state index in [0.717, 1.165) is 35.3 Å². The lowest BCUT2D eigenvalue weighted by atomic mass is 10.00. The summed E-state index contributed by atoms with van der Waals surface area (Å²) in [7, 11) is -1.45. The second-order valence-electron chi connectivity index (χ2n) is 7.33. The van der Waals surface area contributed by atoms with Gasteiger partial charge in [-0.3, -0.25) is 0 Å². The number of hydrogen-bond donors (Lipinski definition) is 2. The molecular formula is C18H27N5O3S. The normalized spacial score (nSPS) is 18.6. The summed E-state index contributed by atoms with van der Waals surface area (Å²) >= 11 is 0. The van der Waals surface area contributed by atoms with E-state index < -0.39 is 10.0 Å². The van der Waals surface area contributed by atoms with Gasteiger partial charge in [0.1, 0.15) is 5.82 Å². The van der Waals surface area contributed by atoms with Gasteiger partial charge in [0.15, 0.2) is 0 Å². The topological polar surface area (TPSA) is 98.4 Å². The van der Waals surface area contributed by atoms with Gasteiger partial charge in [0.05, 0.1) is 23.8 Å². The van der Waals surface area contributed by atoms with Gasteiger partial charge in [-0.05, 0) is 37.3 Å². The maximum Gasteiger partial charge on any atom is 0.317 e. The van der Waals surface area contributed by atoms with Crippen molar-refractivity contribution in [3.63, 3.8) is 0 Å². The second-order valence-corrected chi connectivity index (χ2v) is 9.31. The summed E-state index contributed by atoms with van der Waals surface area (Å²) in [6.07, 6.45) is 2.97. The Morgan fingerprint density at radius 2 is 2.22 bits per heavy atom. The van der Waals surface area contributed by atoms with Gasteiger partial charge in [0, 0.05) is 26.7 Å². The molecule has 1 aromatic heterocycles. The number of piperidine rings is 1. The van der Waals surface area contributed by atoms with Crippen molar-refractivity contribution in [2.75, 3.05) is 32.9 Å². The number of H-pyrrole nitrogens is 1. The smallest absolute Gasteiger partial charge is 0.317 e. The van der Waals surface area contributed by atoms with Gasteiger partial charge >= 0.3 is 6.03 Å². The molecule has 0 aliphatic carbocycles. The number of nitrogens with one attached hydrogen (secondary N) is 2. The van der Waals surface area contributed by atoms with Crippen LogP contribution in [0.25, 0.3) is 11.0 Å². The molecule has 1 aromatic carbocycles. The van der Waals surface area contributed by atoms with Crippen LogP contribution >= 0.6 is 0 Å². The molecule has 1 aliphatic rings. The number of urea groups is 1. The molecular weight excluding hydrogens is 366 g/mol. The predicted molar refractivity (Wildman–Crippen MR) is 105 cm³/mol. The number of aromatic amines is 1. The van der Waals surface area contributed by atoms with E-state index in [-0.39, 0.29) is 11.9 Å². The molecule has 2 N–H and O–H groups in total. The molecule has 0 bridgehead atoms. The van der Waals surface area contributed by atoms with Crippen molar-refractivity contribution in [1.29, 1.82) is 0 Å². The van der Waals surface area contributed by atoms with Crippen LogP contribution in [0.2, 0.25) is 0 Å². The highest BCUT2D eigenvalue weighted by atomic mass is 32.2. The van der Waals surface area contributed by atoms with Gasteiger partial charge in [-0.25, -0.2) is 22.5 Å². The maximum atomic E-state index is 12.4. The number of hydrogen-bond acceptors (Lipinski definition) is 4. The number of aromatic nitrogens is 2. The van der Waals surface area contributed by atoms with Crippen molar-refractivity contribution in [3.05, 3.63) is 29.6 Å². The average molecular weight is 394 g/mol. The van der Waals surface area contributed by atoms with Crippen molar-refractivity contribution in [3.8, 4) is 0 Å². The van der Waals surface area contributed by atoms with Gasteiger partial charge in [0.2, 0.25) is 10.0 Å². The first-order chi connectivity index (χ1) is 12.7. The van der Waals surface area contributed by atoms with E-state index in [1.807, 2.05) is 25.1 Å². The van der Waals surface area contributed by atoms with Crippen LogP contribution < -0.4 is 5.32 Å². The van der Waals surface area contributed by atoms with E-state index in [0.29, 0.717) is 26.2 Å². The summed E-state index contributed by atoms with van der Waals surface area (Å²) in [5, 5.41) is 2.91. The largest absolute Gasteiger partial charge is 0.340 e. The van der Waals surface area contributed by atoms with Crippen LogP contribution in [-0.4, -0.2) is 66.6 Å². The van der Waals surface area contributed by atoms with E-state index >= 15 is 0 Å². The third kappa shape index (κ3) is 4.78. The number of sulfonamides is 1. The molecule has 0 unspecified atom stereocenters. The van der Waals surface area contributed by atoms with Crippen LogP contribution in [-0.2, 0) is 16.6 Å². The van der Waals surface area contributed by atoms with E-state index in [2.05, 4.69) is 15.3 Å². The van der Waals surface area contributed by atoms with Crippen molar-refractivity contribution in [2.24, 2.45) is 5.92 Å². The van der Waals surface area contributed by atoms with Crippen molar-refractivity contribution < 1.29 is 13.2 Å². The zero-order valence-corrected chi connectivity index (χ0v) is 16.8. The molecule has 3 rings (SSSR count). The van der Waals surface area contributed by atoms with E-state index in [4.69, 9.17) is 0 Å². The van der Waals surface area contributed by atoms with Crippen molar-refractivity contribution in [2.45, 2.75) is 26.3 Å². The summed E-state index contributed by atoms with van der Waals surface area (Å²) in [5.41, 5.74) is 2.97. The predicted octanol–water partition coefficient (Wildman–Crippen LogP) is 1.68. The molecule has 2 aromatic rings. The standard InChI is InChI=1S/C18H27N5O3S/c1-13-6-4-8-15-17(13)21-16(20-15)12-22(2)18(24)19-10-14-7-5-9-23(11-14)27(3,25)26/h4,6,8,14H,5,7,9-12H2,1-3H3,(H,19,24)(H,20,21)/t14-/m0/s1. The molecule has 0 saturated carbocycles. The minimum Gasteiger partial charge on any atom is -0.340 e. The monoisotopic (exact) mass is 393 g/mol. The van der Waals surface area contributed by atoms with Gasteiger partial charge in [-0.1, -0.05) is 12.1 Å². The van der Waals surface area contributed by atoms with Crippen molar-refractivity contribution >= 4 is 27.1 Å². The van der Waals surface area contributed by atoms with Crippen LogP contribution in [0.4, 0.5) is 4.79 Å². The molecule has 0 spiro atoms. The Kier molecular flexibility index (Phi) is 5.71. The van der Waals surface area contributed by atoms with E-state index in [1.54, 1.807) is 11.9 Å². The number of carbonyl (C=O) groups is 1. The molecule has 1 atom stereocenters. The molecule has 1 fully saturated rings. The SMILES string of the molecule is Cc1cccc2[nH]c(CN(C)C(=O)NC[C@@H]3CCCN(S(C)(=O)=O)C3)nc12. The third-order valence-electron chi connectivity index (χ3n) is 4.99. The Hall–Kier alpha value is -2.13. The van der Waals surface area contributed by atoms with Crippen LogP contribution in [0.5, 0.6) is 0 Å². The zero-order valence-electron chi connectivity index (χ0n) is 16.0. The number of nitrogens with zero attached hydrogens (tertiary/aromatic N) is 3. The minimum atomic E-state index is -3.17. The number of amides is 2. The summed E-state index contributed by atoms with van der Waals surface area (Å²) < 4.78 is 24.9. The minimum absolute atomic E-state index is 0.139. The van der Waals surface area contributed by atoms with E-state index in [1.165, 1.54) is 10.6 Å². The molecule has 0 radical (unpaired) electrons. The van der Waals surface area contributed by atoms with Crippen LogP contribution in [0, 0.1) is 12.8 Å². The average Bonchev–Trinajstić information content (AvgIpc) is 3.03. The fraction of sp³-hybridized carbons (Fsp3) is 0.556. The zero-order chi connectivity index (χ0) is 19.6. The number of rotatable bonds is 5. The Bertz CT molecular complexity index is 924. The van der Waals surface area contributed by atoms with Gasteiger partial charge in [0.25, 0.3) is 0 Å². The molecule has 27 heavy (non-hydrogen) atoms. The molecule has 1 saturated heterocycles. The summed E-state index contributed by atoms with van der Waals surface area (Å²) in [4.78, 5) is 21.8. The van der Waals surface area contributed by atoms with Crippen LogP contribution in [0.3, 0.4) is 0 Å². The second kappa shape index (κ2) is 7.85. The Morgan fingerprint density at radius 1 is 1.44 bits per heavy atom. The lowest BCUT2D eigenvalue weighted by Gasteiger charge is -2.31. The number of aryl methyl sites for hydroxylation is 1. The lowest BCUT2D eigenvalue weighted by molar-refractivity contribution is 0.199. The summed E-state index contributed by atoms with van der Waals surface area (Å²) in [6, 6.07) is 5.76. The molecule has 9 heteroatoms. The van der Waals surface area contributed by atoms with Crippen LogP contribution in [0.1, 0.15) is 24.2 Å². The van der Waals surface area contributed by atoms with Gasteiger partial charge in [-0.15, -0.1) is 0 Å². The number of fused-ring (bicyclic) bond motifs is 1. The summed E-state index contributed by atoms with van der Waals surface area (Å²) in [6.45, 7) is 3.88. The molecule has 2 heterocycles. The first-order valence-corrected chi connectivity index (χ1v) is 11.0. The lowest BCUT2D eigenvalue weighted by Crippen LogP contribution is -2.45. The number of imidazole rings is 1. The van der Waals surface area contributed by atoms with Gasteiger partial charge in [-0.2, -0.15) is 0 Å².